The van der Waals surface area contributed by atoms with E-state index in [4.69, 9.17) is 5.73 Å². The fourth-order valence-corrected chi connectivity index (χ4v) is 3.35. The lowest BCUT2D eigenvalue weighted by Gasteiger charge is -2.20. The van der Waals surface area contributed by atoms with Gasteiger partial charge in [0.05, 0.1) is 0 Å². The van der Waals surface area contributed by atoms with Crippen molar-refractivity contribution in [3.05, 3.63) is 0 Å². The van der Waals surface area contributed by atoms with E-state index in [0.717, 1.165) is 11.8 Å². The van der Waals surface area contributed by atoms with Crippen molar-refractivity contribution in [2.75, 3.05) is 0 Å². The highest BCUT2D eigenvalue weighted by molar-refractivity contribution is 4.79. The SMILES string of the molecule is NC(CCC1CCCC1)C1CCCC1. The van der Waals surface area contributed by atoms with Crippen molar-refractivity contribution in [2.45, 2.75) is 70.3 Å². The van der Waals surface area contributed by atoms with Crippen LogP contribution in [0.25, 0.3) is 0 Å². The van der Waals surface area contributed by atoms with E-state index in [1.54, 1.807) is 0 Å². The molecule has 2 aliphatic carbocycles. The summed E-state index contributed by atoms with van der Waals surface area (Å²) in [5.41, 5.74) is 6.26. The molecule has 2 fully saturated rings. The third-order valence-electron chi connectivity index (χ3n) is 4.39. The Hall–Kier alpha value is -0.0400. The minimum absolute atomic E-state index is 0.526. The van der Waals surface area contributed by atoms with Gasteiger partial charge in [-0.1, -0.05) is 38.5 Å². The predicted molar refractivity (Wildman–Crippen MR) is 61.1 cm³/mol. The molecule has 1 atom stereocenters. The minimum Gasteiger partial charge on any atom is -0.327 e. The first-order valence-electron chi connectivity index (χ1n) is 6.62. The van der Waals surface area contributed by atoms with Crippen LogP contribution in [0.15, 0.2) is 0 Å². The van der Waals surface area contributed by atoms with Gasteiger partial charge in [0, 0.05) is 6.04 Å². The van der Waals surface area contributed by atoms with Gasteiger partial charge in [0.25, 0.3) is 0 Å². The summed E-state index contributed by atoms with van der Waals surface area (Å²) in [6, 6.07) is 0.526. The van der Waals surface area contributed by atoms with Crippen molar-refractivity contribution in [3.8, 4) is 0 Å². The summed E-state index contributed by atoms with van der Waals surface area (Å²) in [4.78, 5) is 0. The zero-order valence-electron chi connectivity index (χ0n) is 9.38. The Bertz CT molecular complexity index is 155. The van der Waals surface area contributed by atoms with E-state index in [9.17, 15) is 0 Å². The van der Waals surface area contributed by atoms with Crippen molar-refractivity contribution in [1.29, 1.82) is 0 Å². The summed E-state index contributed by atoms with van der Waals surface area (Å²) in [7, 11) is 0. The van der Waals surface area contributed by atoms with Gasteiger partial charge in [0.2, 0.25) is 0 Å². The largest absolute Gasteiger partial charge is 0.327 e. The molecule has 0 radical (unpaired) electrons. The molecule has 1 heteroatoms. The molecule has 0 saturated heterocycles. The summed E-state index contributed by atoms with van der Waals surface area (Å²) in [6.07, 6.45) is 14.3. The van der Waals surface area contributed by atoms with Crippen molar-refractivity contribution in [2.24, 2.45) is 17.6 Å². The van der Waals surface area contributed by atoms with Gasteiger partial charge in [-0.25, -0.2) is 0 Å². The first-order valence-corrected chi connectivity index (χ1v) is 6.62. The molecule has 2 N–H and O–H groups in total. The number of hydrogen-bond donors (Lipinski definition) is 1. The van der Waals surface area contributed by atoms with E-state index in [1.165, 1.54) is 64.2 Å². The number of nitrogens with two attached hydrogens (primary N) is 1. The fraction of sp³-hybridized carbons (Fsp3) is 1.00. The van der Waals surface area contributed by atoms with Crippen LogP contribution >= 0.6 is 0 Å². The summed E-state index contributed by atoms with van der Waals surface area (Å²) in [6.45, 7) is 0. The molecule has 0 spiro atoms. The Kier molecular flexibility index (Phi) is 3.86. The molecule has 14 heavy (non-hydrogen) atoms. The van der Waals surface area contributed by atoms with Crippen LogP contribution in [0.2, 0.25) is 0 Å². The van der Waals surface area contributed by atoms with Gasteiger partial charge in [-0.05, 0) is 37.5 Å². The van der Waals surface area contributed by atoms with Crippen molar-refractivity contribution in [3.63, 3.8) is 0 Å². The summed E-state index contributed by atoms with van der Waals surface area (Å²) >= 11 is 0. The average Bonchev–Trinajstić information content (AvgIpc) is 2.87. The van der Waals surface area contributed by atoms with E-state index in [1.807, 2.05) is 0 Å². The predicted octanol–water partition coefficient (Wildman–Crippen LogP) is 3.47. The van der Waals surface area contributed by atoms with E-state index in [0.29, 0.717) is 6.04 Å². The van der Waals surface area contributed by atoms with Gasteiger partial charge in [-0.15, -0.1) is 0 Å². The Balaban J connectivity index is 1.63. The molecular weight excluding hydrogens is 170 g/mol. The highest BCUT2D eigenvalue weighted by atomic mass is 14.7. The average molecular weight is 195 g/mol. The maximum atomic E-state index is 6.26. The molecule has 0 bridgehead atoms. The summed E-state index contributed by atoms with van der Waals surface area (Å²) in [5.74, 6) is 1.90. The maximum absolute atomic E-state index is 6.26. The molecule has 1 unspecified atom stereocenters. The quantitative estimate of drug-likeness (QED) is 0.730. The fourth-order valence-electron chi connectivity index (χ4n) is 3.35. The first-order chi connectivity index (χ1) is 6.86. The molecule has 2 aliphatic rings. The normalized spacial score (nSPS) is 27.2. The highest BCUT2D eigenvalue weighted by Gasteiger charge is 2.23. The molecule has 2 rings (SSSR count). The number of rotatable bonds is 4. The molecular formula is C13H25N. The van der Waals surface area contributed by atoms with Gasteiger partial charge in [-0.2, -0.15) is 0 Å². The van der Waals surface area contributed by atoms with Gasteiger partial charge < -0.3 is 5.73 Å². The summed E-state index contributed by atoms with van der Waals surface area (Å²) in [5, 5.41) is 0. The third-order valence-corrected chi connectivity index (χ3v) is 4.39. The Labute approximate surface area is 88.4 Å². The second-order valence-electron chi connectivity index (χ2n) is 5.44. The van der Waals surface area contributed by atoms with Crippen LogP contribution in [0.4, 0.5) is 0 Å². The molecule has 2 saturated carbocycles. The van der Waals surface area contributed by atoms with Crippen LogP contribution in [0, 0.1) is 11.8 Å². The smallest absolute Gasteiger partial charge is 0.00672 e. The Morgan fingerprint density at radius 2 is 1.50 bits per heavy atom. The minimum atomic E-state index is 0.526. The van der Waals surface area contributed by atoms with Gasteiger partial charge in [0.15, 0.2) is 0 Å². The lowest BCUT2D eigenvalue weighted by Crippen LogP contribution is -2.28. The lowest BCUT2D eigenvalue weighted by molar-refractivity contribution is 0.365. The van der Waals surface area contributed by atoms with Crippen LogP contribution in [-0.2, 0) is 0 Å². The zero-order valence-corrected chi connectivity index (χ0v) is 9.38. The summed E-state index contributed by atoms with van der Waals surface area (Å²) < 4.78 is 0. The molecule has 1 nitrogen and oxygen atoms in total. The van der Waals surface area contributed by atoms with Crippen LogP contribution < -0.4 is 5.73 Å². The van der Waals surface area contributed by atoms with Crippen molar-refractivity contribution < 1.29 is 0 Å². The van der Waals surface area contributed by atoms with E-state index >= 15 is 0 Å². The highest BCUT2D eigenvalue weighted by Crippen LogP contribution is 2.32. The standard InChI is InChI=1S/C13H25N/c14-13(12-7-3-4-8-12)10-9-11-5-1-2-6-11/h11-13H,1-10,14H2. The number of hydrogen-bond acceptors (Lipinski definition) is 1. The molecule has 0 aromatic heterocycles. The molecule has 82 valence electrons. The zero-order chi connectivity index (χ0) is 9.80. The molecule has 0 aromatic rings. The molecule has 0 aromatic carbocycles. The maximum Gasteiger partial charge on any atom is 0.00672 e. The van der Waals surface area contributed by atoms with Gasteiger partial charge in [-0.3, -0.25) is 0 Å². The lowest BCUT2D eigenvalue weighted by atomic mass is 9.91. The van der Waals surface area contributed by atoms with Crippen molar-refractivity contribution in [1.82, 2.24) is 0 Å². The van der Waals surface area contributed by atoms with Gasteiger partial charge in [0.1, 0.15) is 0 Å². The van der Waals surface area contributed by atoms with Crippen molar-refractivity contribution >= 4 is 0 Å². The molecule has 0 aliphatic heterocycles. The second-order valence-corrected chi connectivity index (χ2v) is 5.44. The van der Waals surface area contributed by atoms with Crippen LogP contribution in [0.3, 0.4) is 0 Å². The Morgan fingerprint density at radius 3 is 2.14 bits per heavy atom. The monoisotopic (exact) mass is 195 g/mol. The van der Waals surface area contributed by atoms with E-state index in [-0.39, 0.29) is 0 Å². The van der Waals surface area contributed by atoms with Gasteiger partial charge >= 0.3 is 0 Å². The van der Waals surface area contributed by atoms with Crippen LogP contribution in [-0.4, -0.2) is 6.04 Å². The first kappa shape index (κ1) is 10.5. The van der Waals surface area contributed by atoms with E-state index in [2.05, 4.69) is 0 Å². The van der Waals surface area contributed by atoms with Crippen LogP contribution in [0.1, 0.15) is 64.2 Å². The van der Waals surface area contributed by atoms with E-state index < -0.39 is 0 Å². The topological polar surface area (TPSA) is 26.0 Å². The third kappa shape index (κ3) is 2.73. The molecule has 0 heterocycles. The van der Waals surface area contributed by atoms with Crippen LogP contribution in [0.5, 0.6) is 0 Å². The second kappa shape index (κ2) is 5.16. The Morgan fingerprint density at radius 1 is 0.929 bits per heavy atom. The molecule has 0 amide bonds.